The zero-order valence-electron chi connectivity index (χ0n) is 18.4. The van der Waals surface area contributed by atoms with Crippen LogP contribution in [0.2, 0.25) is 0 Å². The zero-order chi connectivity index (χ0) is 22.5. The van der Waals surface area contributed by atoms with E-state index in [-0.39, 0.29) is 11.5 Å². The van der Waals surface area contributed by atoms with E-state index in [0.717, 1.165) is 68.1 Å². The molecule has 4 aromatic rings. The molecule has 2 aliphatic rings. The van der Waals surface area contributed by atoms with Crippen molar-refractivity contribution in [2.45, 2.75) is 51.5 Å². The third-order valence-electron chi connectivity index (χ3n) is 7.04. The lowest BCUT2D eigenvalue weighted by molar-refractivity contribution is -0.130. The predicted molar refractivity (Wildman–Crippen MR) is 131 cm³/mol. The number of likely N-dealkylation sites (tertiary alicyclic amines) is 1. The minimum absolute atomic E-state index is 0.130. The first-order chi connectivity index (χ1) is 16.1. The molecule has 170 valence electrons. The summed E-state index contributed by atoms with van der Waals surface area (Å²) in [5.74, 6) is 0.130. The highest BCUT2D eigenvalue weighted by Gasteiger charge is 2.21. The highest BCUT2D eigenvalue weighted by molar-refractivity contribution is 7.18. The van der Waals surface area contributed by atoms with Crippen LogP contribution in [0.25, 0.3) is 26.8 Å². The highest BCUT2D eigenvalue weighted by Crippen LogP contribution is 2.32. The zero-order valence-corrected chi connectivity index (χ0v) is 19.2. The van der Waals surface area contributed by atoms with E-state index in [4.69, 9.17) is 0 Å². The SMILES string of the molecule is O=C(Cn1ccc2cc(-n3c(=O)[nH]c4sc5c(c4c3=O)CCCCC5)ccc21)N1CCCC1. The predicted octanol–water partition coefficient (Wildman–Crippen LogP) is 3.59. The quantitative estimate of drug-likeness (QED) is 0.473. The van der Waals surface area contributed by atoms with E-state index in [1.807, 2.05) is 33.9 Å². The number of aromatic amines is 1. The molecule has 7 nitrogen and oxygen atoms in total. The Kier molecular flexibility index (Phi) is 4.98. The lowest BCUT2D eigenvalue weighted by Gasteiger charge is -2.16. The molecular formula is C25H26N4O3S. The van der Waals surface area contributed by atoms with Crippen LogP contribution in [0.3, 0.4) is 0 Å². The minimum Gasteiger partial charge on any atom is -0.341 e. The number of nitrogens with zero attached hydrogens (tertiary/aromatic N) is 3. The van der Waals surface area contributed by atoms with Crippen LogP contribution < -0.4 is 11.2 Å². The van der Waals surface area contributed by atoms with Gasteiger partial charge in [0.15, 0.2) is 0 Å². The Hall–Kier alpha value is -3.13. The molecule has 0 saturated carbocycles. The molecule has 1 amide bonds. The second-order valence-electron chi connectivity index (χ2n) is 9.11. The number of amides is 1. The van der Waals surface area contributed by atoms with Crippen molar-refractivity contribution >= 4 is 38.4 Å². The Balaban J connectivity index is 1.41. The van der Waals surface area contributed by atoms with Gasteiger partial charge in [-0.15, -0.1) is 11.3 Å². The number of nitrogens with one attached hydrogen (secondary N) is 1. The molecule has 0 atom stereocenters. The normalized spacial score (nSPS) is 16.4. The summed E-state index contributed by atoms with van der Waals surface area (Å²) in [5, 5.41) is 1.57. The molecule has 0 radical (unpaired) electrons. The maximum absolute atomic E-state index is 13.5. The van der Waals surface area contributed by atoms with Crippen molar-refractivity contribution in [1.82, 2.24) is 19.0 Å². The van der Waals surface area contributed by atoms with Gasteiger partial charge in [-0.25, -0.2) is 9.36 Å². The monoisotopic (exact) mass is 462 g/mol. The molecule has 3 aromatic heterocycles. The summed E-state index contributed by atoms with van der Waals surface area (Å²) in [7, 11) is 0. The molecule has 0 spiro atoms. The summed E-state index contributed by atoms with van der Waals surface area (Å²) in [6.45, 7) is 1.97. The number of carbonyl (C=O) groups excluding carboxylic acids is 1. The number of H-pyrrole nitrogens is 1. The molecule has 6 rings (SSSR count). The lowest BCUT2D eigenvalue weighted by atomic mass is 10.1. The summed E-state index contributed by atoms with van der Waals surface area (Å²) in [5.41, 5.74) is 1.94. The average Bonchev–Trinajstić information content (AvgIpc) is 3.50. The van der Waals surface area contributed by atoms with Crippen molar-refractivity contribution in [2.75, 3.05) is 13.1 Å². The van der Waals surface area contributed by atoms with Crippen LogP contribution in [0, 0.1) is 0 Å². The highest BCUT2D eigenvalue weighted by atomic mass is 32.1. The summed E-state index contributed by atoms with van der Waals surface area (Å²) in [6, 6.07) is 7.49. The number of fused-ring (bicyclic) bond motifs is 4. The van der Waals surface area contributed by atoms with E-state index in [1.165, 1.54) is 15.9 Å². The average molecular weight is 463 g/mol. The van der Waals surface area contributed by atoms with Crippen molar-refractivity contribution in [3.05, 3.63) is 61.7 Å². The van der Waals surface area contributed by atoms with Crippen LogP contribution >= 0.6 is 11.3 Å². The van der Waals surface area contributed by atoms with Gasteiger partial charge in [0.1, 0.15) is 11.4 Å². The van der Waals surface area contributed by atoms with Crippen LogP contribution in [-0.4, -0.2) is 38.0 Å². The summed E-state index contributed by atoms with van der Waals surface area (Å²) in [6.07, 6.45) is 9.30. The smallest absolute Gasteiger partial charge is 0.334 e. The van der Waals surface area contributed by atoms with Crippen molar-refractivity contribution < 1.29 is 4.79 Å². The molecule has 0 bridgehead atoms. The largest absolute Gasteiger partial charge is 0.341 e. The van der Waals surface area contributed by atoms with Crippen LogP contribution in [0.15, 0.2) is 40.1 Å². The Morgan fingerprint density at radius 1 is 1.00 bits per heavy atom. The van der Waals surface area contributed by atoms with Crippen LogP contribution in [-0.2, 0) is 24.2 Å². The van der Waals surface area contributed by atoms with Gasteiger partial charge in [-0.1, -0.05) is 6.42 Å². The standard InChI is InChI=1S/C25H26N4O3S/c30-21(27-11-4-5-12-27)15-28-13-10-16-14-17(8-9-19(16)28)29-24(31)22-18-6-2-1-3-7-20(18)33-23(22)26-25(29)32/h8-10,13-14H,1-7,11-12,15H2,(H,26,32). The fourth-order valence-corrected chi connectivity index (χ4v) is 6.60. The number of aryl methyl sites for hydroxylation is 2. The Morgan fingerprint density at radius 3 is 2.67 bits per heavy atom. The van der Waals surface area contributed by atoms with E-state index >= 15 is 0 Å². The summed E-state index contributed by atoms with van der Waals surface area (Å²) in [4.78, 5) is 45.8. The van der Waals surface area contributed by atoms with Crippen molar-refractivity contribution in [3.63, 3.8) is 0 Å². The molecule has 1 aromatic carbocycles. The number of hydrogen-bond donors (Lipinski definition) is 1. The Labute approximate surface area is 194 Å². The molecule has 4 heterocycles. The number of benzene rings is 1. The number of carbonyl (C=O) groups is 1. The Bertz CT molecular complexity index is 1500. The van der Waals surface area contributed by atoms with Gasteiger partial charge >= 0.3 is 5.69 Å². The van der Waals surface area contributed by atoms with Crippen molar-refractivity contribution in [2.24, 2.45) is 0 Å². The first-order valence-electron chi connectivity index (χ1n) is 11.8. The maximum atomic E-state index is 13.5. The number of aromatic nitrogens is 3. The fraction of sp³-hybridized carbons (Fsp3) is 0.400. The molecule has 1 N–H and O–H groups in total. The first-order valence-corrected chi connectivity index (χ1v) is 12.6. The van der Waals surface area contributed by atoms with Crippen molar-refractivity contribution in [3.8, 4) is 5.69 Å². The van der Waals surface area contributed by atoms with E-state index in [1.54, 1.807) is 17.4 Å². The number of hydrogen-bond acceptors (Lipinski definition) is 4. The summed E-state index contributed by atoms with van der Waals surface area (Å²) < 4.78 is 3.20. The van der Waals surface area contributed by atoms with Crippen LogP contribution in [0.4, 0.5) is 0 Å². The summed E-state index contributed by atoms with van der Waals surface area (Å²) >= 11 is 1.56. The van der Waals surface area contributed by atoms with Gasteiger partial charge < -0.3 is 9.47 Å². The molecule has 0 unspecified atom stereocenters. The fourth-order valence-electron chi connectivity index (χ4n) is 5.33. The number of rotatable bonds is 3. The van der Waals surface area contributed by atoms with Gasteiger partial charge in [0.2, 0.25) is 5.91 Å². The van der Waals surface area contributed by atoms with Crippen molar-refractivity contribution in [1.29, 1.82) is 0 Å². The molecule has 33 heavy (non-hydrogen) atoms. The maximum Gasteiger partial charge on any atom is 0.334 e. The van der Waals surface area contributed by atoms with Gasteiger partial charge in [-0.3, -0.25) is 14.6 Å². The minimum atomic E-state index is -0.410. The topological polar surface area (TPSA) is 80.1 Å². The third-order valence-corrected chi connectivity index (χ3v) is 8.25. The number of thiophene rings is 1. The second kappa shape index (κ2) is 8.02. The van der Waals surface area contributed by atoms with Gasteiger partial charge in [0.05, 0.1) is 11.1 Å². The van der Waals surface area contributed by atoms with Gasteiger partial charge in [-0.05, 0) is 68.4 Å². The second-order valence-corrected chi connectivity index (χ2v) is 10.2. The van der Waals surface area contributed by atoms with E-state index in [0.29, 0.717) is 22.4 Å². The molecule has 1 fully saturated rings. The molecular weight excluding hydrogens is 436 g/mol. The van der Waals surface area contributed by atoms with Gasteiger partial charge in [-0.2, -0.15) is 0 Å². The van der Waals surface area contributed by atoms with E-state index in [2.05, 4.69) is 4.98 Å². The van der Waals surface area contributed by atoms with E-state index in [9.17, 15) is 14.4 Å². The van der Waals surface area contributed by atoms with E-state index < -0.39 is 5.69 Å². The molecule has 1 aliphatic carbocycles. The lowest BCUT2D eigenvalue weighted by Crippen LogP contribution is -2.33. The van der Waals surface area contributed by atoms with Gasteiger partial charge in [0, 0.05) is 35.1 Å². The van der Waals surface area contributed by atoms with Gasteiger partial charge in [0.25, 0.3) is 5.56 Å². The Morgan fingerprint density at radius 2 is 1.82 bits per heavy atom. The molecule has 1 saturated heterocycles. The first kappa shape index (κ1) is 20.5. The van der Waals surface area contributed by atoms with Crippen LogP contribution in [0.1, 0.15) is 42.5 Å². The molecule has 1 aliphatic heterocycles. The molecule has 8 heteroatoms. The third kappa shape index (κ3) is 3.44. The van der Waals surface area contributed by atoms with Crippen LogP contribution in [0.5, 0.6) is 0 Å².